The third-order valence-electron chi connectivity index (χ3n) is 4.42. The number of para-hydroxylation sites is 2. The first-order valence-corrected chi connectivity index (χ1v) is 8.76. The lowest BCUT2D eigenvalue weighted by Gasteiger charge is -2.33. The van der Waals surface area contributed by atoms with E-state index in [1.165, 1.54) is 18.0 Å². The van der Waals surface area contributed by atoms with Crippen LogP contribution in [0.1, 0.15) is 5.56 Å². The topological polar surface area (TPSA) is 77.1 Å². The van der Waals surface area contributed by atoms with Crippen molar-refractivity contribution in [3.63, 3.8) is 0 Å². The molecule has 146 valence electrons. The Morgan fingerprint density at radius 1 is 1.18 bits per heavy atom. The average molecular weight is 382 g/mol. The van der Waals surface area contributed by atoms with E-state index in [0.717, 1.165) is 0 Å². The van der Waals surface area contributed by atoms with Crippen LogP contribution in [-0.2, 0) is 9.59 Å². The summed E-state index contributed by atoms with van der Waals surface area (Å²) in [6.07, 6.45) is 2.33. The first-order chi connectivity index (χ1) is 13.6. The lowest BCUT2D eigenvalue weighted by atomic mass is 10.1. The summed E-state index contributed by atoms with van der Waals surface area (Å²) in [6.45, 7) is 0.120. The maximum absolute atomic E-state index is 12.9. The van der Waals surface area contributed by atoms with Crippen molar-refractivity contribution < 1.29 is 23.8 Å². The molecule has 1 heterocycles. The van der Waals surface area contributed by atoms with Gasteiger partial charge < -0.3 is 24.4 Å². The van der Waals surface area contributed by atoms with E-state index in [1.807, 2.05) is 6.07 Å². The third-order valence-corrected chi connectivity index (χ3v) is 4.42. The average Bonchev–Trinajstić information content (AvgIpc) is 2.75. The molecule has 0 saturated heterocycles. The molecular weight excluding hydrogens is 360 g/mol. The number of amides is 2. The molecule has 0 fully saturated rings. The van der Waals surface area contributed by atoms with E-state index in [0.29, 0.717) is 28.5 Å². The smallest absolute Gasteiger partial charge is 0.262 e. The highest BCUT2D eigenvalue weighted by molar-refractivity contribution is 6.06. The van der Waals surface area contributed by atoms with Crippen LogP contribution in [0.3, 0.4) is 0 Å². The number of fused-ring (bicyclic) bond motifs is 1. The normalized spacial score (nSPS) is 15.5. The summed E-state index contributed by atoms with van der Waals surface area (Å²) in [5.74, 6) is 1.21. The van der Waals surface area contributed by atoms with Crippen molar-refractivity contribution in [3.8, 4) is 17.2 Å². The molecule has 7 heteroatoms. The van der Waals surface area contributed by atoms with Gasteiger partial charge in [0.2, 0.25) is 0 Å². The van der Waals surface area contributed by atoms with Crippen LogP contribution in [0.4, 0.5) is 5.69 Å². The van der Waals surface area contributed by atoms with Gasteiger partial charge >= 0.3 is 0 Å². The van der Waals surface area contributed by atoms with Crippen molar-refractivity contribution in [2.45, 2.75) is 6.10 Å². The Morgan fingerprint density at radius 3 is 2.68 bits per heavy atom. The van der Waals surface area contributed by atoms with Gasteiger partial charge in [0.05, 0.1) is 26.5 Å². The quantitative estimate of drug-likeness (QED) is 0.803. The van der Waals surface area contributed by atoms with Crippen LogP contribution in [0.2, 0.25) is 0 Å². The van der Waals surface area contributed by atoms with Gasteiger partial charge in [0.1, 0.15) is 17.2 Å². The van der Waals surface area contributed by atoms with Crippen LogP contribution in [0.15, 0.2) is 48.5 Å². The molecule has 0 radical (unpaired) electrons. The molecule has 2 aromatic carbocycles. The standard InChI is InChI=1S/C21H22N2O5/c1-22-21(25)19-13-23(16-6-4-5-7-18(16)28-19)20(24)11-8-14-12-15(26-2)9-10-17(14)27-3/h4-12,19H,13H2,1-3H3,(H,22,25)/b11-8+. The number of ether oxygens (including phenoxy) is 3. The van der Waals surface area contributed by atoms with E-state index in [9.17, 15) is 9.59 Å². The van der Waals surface area contributed by atoms with Crippen LogP contribution < -0.4 is 24.4 Å². The largest absolute Gasteiger partial charge is 0.497 e. The Balaban J connectivity index is 1.89. The molecule has 1 N–H and O–H groups in total. The molecule has 1 aliphatic rings. The van der Waals surface area contributed by atoms with Gasteiger partial charge in [-0.05, 0) is 36.4 Å². The maximum Gasteiger partial charge on any atom is 0.262 e. The number of likely N-dealkylation sites (N-methyl/N-ethyl adjacent to an activating group) is 1. The minimum atomic E-state index is -0.774. The second-order valence-electron chi connectivity index (χ2n) is 6.08. The summed E-state index contributed by atoms with van der Waals surface area (Å²) in [5, 5.41) is 2.56. The molecule has 0 bridgehead atoms. The van der Waals surface area contributed by atoms with Gasteiger partial charge in [-0.25, -0.2) is 0 Å². The van der Waals surface area contributed by atoms with Crippen molar-refractivity contribution in [3.05, 3.63) is 54.1 Å². The monoisotopic (exact) mass is 382 g/mol. The Labute approximate surface area is 163 Å². The van der Waals surface area contributed by atoms with E-state index >= 15 is 0 Å². The number of nitrogens with zero attached hydrogens (tertiary/aromatic N) is 1. The molecule has 2 amide bonds. The highest BCUT2D eigenvalue weighted by Crippen LogP contribution is 2.33. The van der Waals surface area contributed by atoms with Gasteiger partial charge in [0.15, 0.2) is 6.10 Å². The minimum absolute atomic E-state index is 0.120. The van der Waals surface area contributed by atoms with Gasteiger partial charge in [-0.2, -0.15) is 0 Å². The number of hydrogen-bond acceptors (Lipinski definition) is 5. The van der Waals surface area contributed by atoms with Gasteiger partial charge in [0.25, 0.3) is 11.8 Å². The summed E-state index contributed by atoms with van der Waals surface area (Å²) in [5.41, 5.74) is 1.33. The fourth-order valence-electron chi connectivity index (χ4n) is 2.96. The maximum atomic E-state index is 12.9. The Bertz CT molecular complexity index is 909. The van der Waals surface area contributed by atoms with E-state index in [4.69, 9.17) is 14.2 Å². The van der Waals surface area contributed by atoms with Gasteiger partial charge in [0, 0.05) is 18.7 Å². The molecular formula is C21H22N2O5. The van der Waals surface area contributed by atoms with Crippen LogP contribution in [0.25, 0.3) is 6.08 Å². The van der Waals surface area contributed by atoms with E-state index in [2.05, 4.69) is 5.32 Å². The highest BCUT2D eigenvalue weighted by Gasteiger charge is 2.32. The van der Waals surface area contributed by atoms with Crippen LogP contribution >= 0.6 is 0 Å². The summed E-state index contributed by atoms with van der Waals surface area (Å²) >= 11 is 0. The summed E-state index contributed by atoms with van der Waals surface area (Å²) in [6, 6.07) is 12.5. The fraction of sp³-hybridized carbons (Fsp3) is 0.238. The number of benzene rings is 2. The van der Waals surface area contributed by atoms with Gasteiger partial charge in [-0.15, -0.1) is 0 Å². The Morgan fingerprint density at radius 2 is 1.96 bits per heavy atom. The Hall–Kier alpha value is -3.48. The summed E-state index contributed by atoms with van der Waals surface area (Å²) in [4.78, 5) is 26.5. The van der Waals surface area contributed by atoms with Crippen molar-refractivity contribution in [1.29, 1.82) is 0 Å². The van der Waals surface area contributed by atoms with Crippen LogP contribution in [0, 0.1) is 0 Å². The molecule has 0 saturated carbocycles. The predicted octanol–water partition coefficient (Wildman–Crippen LogP) is 2.26. The van der Waals surface area contributed by atoms with Crippen LogP contribution in [-0.4, -0.2) is 45.7 Å². The van der Waals surface area contributed by atoms with Crippen molar-refractivity contribution >= 4 is 23.6 Å². The van der Waals surface area contributed by atoms with Crippen molar-refractivity contribution in [2.24, 2.45) is 0 Å². The third kappa shape index (κ3) is 3.93. The lowest BCUT2D eigenvalue weighted by Crippen LogP contribution is -2.49. The SMILES string of the molecule is CNC(=O)C1CN(C(=O)/C=C/c2cc(OC)ccc2OC)c2ccccc2O1. The number of nitrogens with one attached hydrogen (secondary N) is 1. The number of hydrogen-bond donors (Lipinski definition) is 1. The number of methoxy groups -OCH3 is 2. The molecule has 0 aromatic heterocycles. The molecule has 3 rings (SSSR count). The molecule has 0 spiro atoms. The van der Waals surface area contributed by atoms with Crippen LogP contribution in [0.5, 0.6) is 17.2 Å². The van der Waals surface area contributed by atoms with Gasteiger partial charge in [-0.3, -0.25) is 9.59 Å². The minimum Gasteiger partial charge on any atom is -0.497 e. The number of rotatable bonds is 5. The molecule has 1 aliphatic heterocycles. The molecule has 2 aromatic rings. The number of carbonyl (C=O) groups excluding carboxylic acids is 2. The molecule has 7 nitrogen and oxygen atoms in total. The first kappa shape index (κ1) is 19.3. The summed E-state index contributed by atoms with van der Waals surface area (Å²) in [7, 11) is 4.67. The van der Waals surface area contributed by atoms with Crippen molar-refractivity contribution in [2.75, 3.05) is 32.7 Å². The molecule has 0 aliphatic carbocycles. The fourth-order valence-corrected chi connectivity index (χ4v) is 2.96. The van der Waals surface area contributed by atoms with Gasteiger partial charge in [-0.1, -0.05) is 12.1 Å². The summed E-state index contributed by atoms with van der Waals surface area (Å²) < 4.78 is 16.3. The zero-order valence-electron chi connectivity index (χ0n) is 16.0. The molecule has 1 atom stereocenters. The highest BCUT2D eigenvalue weighted by atomic mass is 16.5. The zero-order valence-corrected chi connectivity index (χ0v) is 16.0. The Kier molecular flexibility index (Phi) is 5.84. The molecule has 28 heavy (non-hydrogen) atoms. The lowest BCUT2D eigenvalue weighted by molar-refractivity contribution is -0.127. The first-order valence-electron chi connectivity index (χ1n) is 8.76. The molecule has 1 unspecified atom stereocenters. The van der Waals surface area contributed by atoms with E-state index in [-0.39, 0.29) is 18.4 Å². The second-order valence-corrected chi connectivity index (χ2v) is 6.08. The van der Waals surface area contributed by atoms with E-state index in [1.54, 1.807) is 56.7 Å². The predicted molar refractivity (Wildman–Crippen MR) is 106 cm³/mol. The number of anilines is 1. The van der Waals surface area contributed by atoms with E-state index < -0.39 is 6.10 Å². The van der Waals surface area contributed by atoms with Crippen molar-refractivity contribution in [1.82, 2.24) is 5.32 Å². The number of carbonyl (C=O) groups is 2. The zero-order chi connectivity index (χ0) is 20.1. The second kappa shape index (κ2) is 8.47.